The monoisotopic (exact) mass is 391 g/mol. The highest BCUT2D eigenvalue weighted by atomic mass is 32.2. The molecule has 1 aromatic heterocycles. The number of anilines is 1. The largest absolute Gasteiger partial charge is 0.363 e. The van der Waals surface area contributed by atoms with Gasteiger partial charge >= 0.3 is 0 Å². The Labute approximate surface area is 168 Å². The molecule has 0 spiro atoms. The lowest BCUT2D eigenvalue weighted by atomic mass is 10.0. The molecule has 0 aliphatic carbocycles. The van der Waals surface area contributed by atoms with Crippen molar-refractivity contribution >= 4 is 33.1 Å². The number of hydrogen-bond acceptors (Lipinski definition) is 4. The molecule has 144 valence electrons. The number of nitrogens with zero attached hydrogens (tertiary/aromatic N) is 2. The predicted molar refractivity (Wildman–Crippen MR) is 118 cm³/mol. The molecule has 0 fully saturated rings. The van der Waals surface area contributed by atoms with E-state index in [0.717, 1.165) is 34.7 Å². The Bertz CT molecular complexity index is 1090. The van der Waals surface area contributed by atoms with Gasteiger partial charge in [0.2, 0.25) is 0 Å². The summed E-state index contributed by atoms with van der Waals surface area (Å²) in [6, 6.07) is 15.0. The van der Waals surface area contributed by atoms with Crippen LogP contribution in [-0.2, 0) is 10.8 Å². The van der Waals surface area contributed by atoms with Crippen molar-refractivity contribution in [1.82, 2.24) is 9.97 Å². The molecular formula is C23H25N3OS. The minimum Gasteiger partial charge on any atom is -0.363 e. The second-order valence-corrected chi connectivity index (χ2v) is 9.04. The number of rotatable bonds is 4. The Morgan fingerprint density at radius 1 is 1.11 bits per heavy atom. The van der Waals surface area contributed by atoms with Crippen LogP contribution in [0.4, 0.5) is 5.82 Å². The van der Waals surface area contributed by atoms with E-state index in [0.29, 0.717) is 5.75 Å². The van der Waals surface area contributed by atoms with Crippen LogP contribution in [0.5, 0.6) is 0 Å². The van der Waals surface area contributed by atoms with Crippen LogP contribution in [0.1, 0.15) is 41.9 Å². The van der Waals surface area contributed by atoms with Crippen LogP contribution >= 0.6 is 0 Å². The maximum atomic E-state index is 11.7. The molecule has 2 aromatic carbocycles. The maximum absolute atomic E-state index is 11.7. The molecule has 4 rings (SSSR count). The smallest absolute Gasteiger partial charge is 0.138 e. The van der Waals surface area contributed by atoms with E-state index in [2.05, 4.69) is 72.7 Å². The van der Waals surface area contributed by atoms with Crippen LogP contribution in [0.25, 0.3) is 16.5 Å². The third-order valence-electron chi connectivity index (χ3n) is 5.19. The van der Waals surface area contributed by atoms with Crippen LogP contribution in [0, 0.1) is 13.8 Å². The summed E-state index contributed by atoms with van der Waals surface area (Å²) in [5.41, 5.74) is 5.86. The fourth-order valence-electron chi connectivity index (χ4n) is 3.65. The summed E-state index contributed by atoms with van der Waals surface area (Å²) in [5.74, 6) is 3.00. The molecule has 1 unspecified atom stereocenters. The highest BCUT2D eigenvalue weighted by Gasteiger charge is 2.15. The van der Waals surface area contributed by atoms with Crippen molar-refractivity contribution in [2.45, 2.75) is 33.2 Å². The lowest BCUT2D eigenvalue weighted by Gasteiger charge is -2.18. The van der Waals surface area contributed by atoms with Crippen LogP contribution in [-0.4, -0.2) is 25.7 Å². The molecule has 3 aromatic rings. The summed E-state index contributed by atoms with van der Waals surface area (Å²) in [7, 11) is -0.714. The third kappa shape index (κ3) is 3.99. The summed E-state index contributed by atoms with van der Waals surface area (Å²) in [6.07, 6.45) is 2.96. The quantitative estimate of drug-likeness (QED) is 0.683. The Morgan fingerprint density at radius 2 is 1.96 bits per heavy atom. The number of hydrogen-bond donors (Lipinski definition) is 1. The van der Waals surface area contributed by atoms with Crippen molar-refractivity contribution in [3.8, 4) is 0 Å². The van der Waals surface area contributed by atoms with Crippen LogP contribution in [0.2, 0.25) is 0 Å². The van der Waals surface area contributed by atoms with Crippen molar-refractivity contribution in [3.05, 3.63) is 71.1 Å². The number of aryl methyl sites for hydroxylation is 2. The first kappa shape index (κ1) is 18.8. The lowest BCUT2D eigenvalue weighted by molar-refractivity contribution is 0.684. The fraction of sp³-hybridized carbons (Fsp3) is 0.304. The predicted octanol–water partition coefficient (Wildman–Crippen LogP) is 4.96. The lowest BCUT2D eigenvalue weighted by Crippen LogP contribution is -2.10. The summed E-state index contributed by atoms with van der Waals surface area (Å²) in [5, 5.41) is 4.61. The van der Waals surface area contributed by atoms with Gasteiger partial charge in [0, 0.05) is 33.7 Å². The van der Waals surface area contributed by atoms with Gasteiger partial charge in [-0.1, -0.05) is 42.0 Å². The molecule has 0 amide bonds. The van der Waals surface area contributed by atoms with Crippen molar-refractivity contribution in [3.63, 3.8) is 0 Å². The Morgan fingerprint density at radius 3 is 2.71 bits per heavy atom. The summed E-state index contributed by atoms with van der Waals surface area (Å²) >= 11 is 0. The number of nitrogens with one attached hydrogen (secondary N) is 1. The molecule has 4 nitrogen and oxygen atoms in total. The highest BCUT2D eigenvalue weighted by molar-refractivity contribution is 7.85. The van der Waals surface area contributed by atoms with Crippen molar-refractivity contribution in [2.24, 2.45) is 0 Å². The van der Waals surface area contributed by atoms with Gasteiger partial charge in [-0.3, -0.25) is 4.21 Å². The summed E-state index contributed by atoms with van der Waals surface area (Å²) in [6.45, 7) is 6.19. The maximum Gasteiger partial charge on any atom is 0.138 e. The van der Waals surface area contributed by atoms with Gasteiger partial charge < -0.3 is 5.32 Å². The number of allylic oxidation sites excluding steroid dienone is 1. The number of aromatic nitrogens is 2. The van der Waals surface area contributed by atoms with E-state index in [1.165, 1.54) is 22.3 Å². The van der Waals surface area contributed by atoms with Gasteiger partial charge in [0.05, 0.1) is 5.52 Å². The molecule has 1 aliphatic heterocycles. The normalized spacial score (nSPS) is 18.0. The van der Waals surface area contributed by atoms with E-state index in [1.54, 1.807) is 0 Å². The number of benzene rings is 2. The van der Waals surface area contributed by atoms with Gasteiger partial charge in [-0.05, 0) is 56.0 Å². The van der Waals surface area contributed by atoms with Crippen molar-refractivity contribution in [1.29, 1.82) is 0 Å². The molecule has 1 aliphatic rings. The fourth-order valence-corrected chi connectivity index (χ4v) is 4.65. The van der Waals surface area contributed by atoms with Gasteiger partial charge in [-0.25, -0.2) is 9.97 Å². The zero-order valence-electron chi connectivity index (χ0n) is 16.5. The first-order valence-electron chi connectivity index (χ1n) is 9.65. The first-order valence-corrected chi connectivity index (χ1v) is 11.1. The average molecular weight is 392 g/mol. The molecule has 0 saturated heterocycles. The molecule has 0 radical (unpaired) electrons. The van der Waals surface area contributed by atoms with Crippen LogP contribution in [0.15, 0.2) is 48.5 Å². The van der Waals surface area contributed by atoms with Gasteiger partial charge in [0.15, 0.2) is 0 Å². The van der Waals surface area contributed by atoms with Crippen molar-refractivity contribution in [2.75, 3.05) is 16.8 Å². The second kappa shape index (κ2) is 7.84. The van der Waals surface area contributed by atoms with E-state index in [9.17, 15) is 4.21 Å². The second-order valence-electron chi connectivity index (χ2n) is 7.42. The van der Waals surface area contributed by atoms with E-state index in [-0.39, 0.29) is 6.04 Å². The molecule has 28 heavy (non-hydrogen) atoms. The molecular weight excluding hydrogens is 366 g/mol. The summed E-state index contributed by atoms with van der Waals surface area (Å²) < 4.78 is 11.7. The van der Waals surface area contributed by atoms with E-state index < -0.39 is 10.8 Å². The minimum atomic E-state index is -0.714. The van der Waals surface area contributed by atoms with E-state index in [4.69, 9.17) is 4.98 Å². The standard InChI is InChI=1S/C23H25N3OS/c1-15-5-4-6-19(13-15)16(2)24-23-21-14-20(18-9-11-28(27)12-10-18)7-8-22(21)25-17(3)26-23/h4-9,13-14,16H,10-12H2,1-3H3,(H,24,25,26)/t16-,28?/m1/s1. The Hall–Kier alpha value is -2.53. The first-order chi connectivity index (χ1) is 13.5. The zero-order valence-corrected chi connectivity index (χ0v) is 17.3. The van der Waals surface area contributed by atoms with Crippen LogP contribution in [0.3, 0.4) is 0 Å². The molecule has 1 N–H and O–H groups in total. The Balaban J connectivity index is 1.72. The Kier molecular flexibility index (Phi) is 5.27. The molecule has 2 atom stereocenters. The number of fused-ring (bicyclic) bond motifs is 1. The SMILES string of the molecule is Cc1cccc([C@@H](C)Nc2nc(C)nc3ccc(C4=CCS(=O)CC4)cc23)c1. The molecule has 0 bridgehead atoms. The molecule has 5 heteroatoms. The minimum absolute atomic E-state index is 0.136. The average Bonchev–Trinajstić information content (AvgIpc) is 2.68. The highest BCUT2D eigenvalue weighted by Crippen LogP contribution is 2.30. The molecule has 0 saturated carbocycles. The van der Waals surface area contributed by atoms with E-state index >= 15 is 0 Å². The molecule has 2 heterocycles. The van der Waals surface area contributed by atoms with Gasteiger partial charge in [0.1, 0.15) is 11.6 Å². The topological polar surface area (TPSA) is 54.9 Å². The zero-order chi connectivity index (χ0) is 19.7. The van der Waals surface area contributed by atoms with E-state index in [1.807, 2.05) is 6.92 Å². The summed E-state index contributed by atoms with van der Waals surface area (Å²) in [4.78, 5) is 9.31. The van der Waals surface area contributed by atoms with Gasteiger partial charge in [0.25, 0.3) is 0 Å². The van der Waals surface area contributed by atoms with Crippen molar-refractivity contribution < 1.29 is 4.21 Å². The van der Waals surface area contributed by atoms with Gasteiger partial charge in [-0.2, -0.15) is 0 Å². The van der Waals surface area contributed by atoms with Crippen LogP contribution < -0.4 is 5.32 Å². The third-order valence-corrected chi connectivity index (χ3v) is 6.39. The van der Waals surface area contributed by atoms with Gasteiger partial charge in [-0.15, -0.1) is 0 Å².